The number of hydrogen-bond donors (Lipinski definition) is 4. The van der Waals surface area contributed by atoms with Gasteiger partial charge in [0.15, 0.2) is 0 Å². The lowest BCUT2D eigenvalue weighted by molar-refractivity contribution is -0.129. The summed E-state index contributed by atoms with van der Waals surface area (Å²) in [6.07, 6.45) is 1.17. The monoisotopic (exact) mass is 306 g/mol. The summed E-state index contributed by atoms with van der Waals surface area (Å²) >= 11 is 0. The molecule has 0 spiro atoms. The van der Waals surface area contributed by atoms with Crippen molar-refractivity contribution < 1.29 is 14.4 Å². The first kappa shape index (κ1) is 17.6. The summed E-state index contributed by atoms with van der Waals surface area (Å²) in [4.78, 5) is 34.7. The quantitative estimate of drug-likeness (QED) is 0.469. The van der Waals surface area contributed by atoms with Crippen molar-refractivity contribution in [2.75, 3.05) is 13.1 Å². The molecule has 0 unspecified atom stereocenters. The van der Waals surface area contributed by atoms with Gasteiger partial charge in [-0.05, 0) is 24.9 Å². The van der Waals surface area contributed by atoms with E-state index in [0.29, 0.717) is 19.4 Å². The second-order valence-electron chi connectivity index (χ2n) is 4.90. The van der Waals surface area contributed by atoms with Gasteiger partial charge in [-0.1, -0.05) is 30.3 Å². The maximum atomic E-state index is 12.0. The first-order chi connectivity index (χ1) is 10.5. The predicted molar refractivity (Wildman–Crippen MR) is 82.6 cm³/mol. The first-order valence-electron chi connectivity index (χ1n) is 7.12. The van der Waals surface area contributed by atoms with Crippen molar-refractivity contribution in [2.24, 2.45) is 11.5 Å². The molecule has 0 aliphatic carbocycles. The molecule has 6 N–H and O–H groups in total. The Morgan fingerprint density at radius 2 is 1.82 bits per heavy atom. The SMILES string of the molecule is NCCC[C@@H](NC(=O)Cc1ccccc1)C(=O)NCC(N)=O. The molecule has 22 heavy (non-hydrogen) atoms. The Morgan fingerprint density at radius 1 is 1.14 bits per heavy atom. The minimum absolute atomic E-state index is 0.184. The van der Waals surface area contributed by atoms with Gasteiger partial charge in [-0.25, -0.2) is 0 Å². The van der Waals surface area contributed by atoms with E-state index in [4.69, 9.17) is 11.5 Å². The maximum absolute atomic E-state index is 12.0. The van der Waals surface area contributed by atoms with Gasteiger partial charge in [0.2, 0.25) is 17.7 Å². The molecule has 0 aliphatic rings. The smallest absolute Gasteiger partial charge is 0.243 e. The third-order valence-corrected chi connectivity index (χ3v) is 2.99. The van der Waals surface area contributed by atoms with Gasteiger partial charge in [-0.3, -0.25) is 14.4 Å². The van der Waals surface area contributed by atoms with Crippen LogP contribution in [0.3, 0.4) is 0 Å². The standard InChI is InChI=1S/C15H22N4O3/c16-8-4-7-12(15(22)18-10-13(17)20)19-14(21)9-11-5-2-1-3-6-11/h1-3,5-6,12H,4,7-10,16H2,(H2,17,20)(H,18,22)(H,19,21)/t12-/m1/s1. The zero-order valence-electron chi connectivity index (χ0n) is 12.4. The second kappa shape index (κ2) is 9.51. The highest BCUT2D eigenvalue weighted by Crippen LogP contribution is 2.02. The number of carbonyl (C=O) groups excluding carboxylic acids is 3. The zero-order chi connectivity index (χ0) is 16.4. The van der Waals surface area contributed by atoms with Crippen LogP contribution < -0.4 is 22.1 Å². The van der Waals surface area contributed by atoms with Crippen molar-refractivity contribution in [2.45, 2.75) is 25.3 Å². The van der Waals surface area contributed by atoms with Crippen LogP contribution in [0, 0.1) is 0 Å². The molecule has 1 atom stereocenters. The Balaban J connectivity index is 2.57. The van der Waals surface area contributed by atoms with Crippen LogP contribution in [0.1, 0.15) is 18.4 Å². The number of hydrogen-bond acceptors (Lipinski definition) is 4. The minimum Gasteiger partial charge on any atom is -0.368 e. The van der Waals surface area contributed by atoms with E-state index in [1.807, 2.05) is 30.3 Å². The molecule has 0 saturated carbocycles. The van der Waals surface area contributed by atoms with Crippen LogP contribution in [0.4, 0.5) is 0 Å². The summed E-state index contributed by atoms with van der Waals surface area (Å²) in [6, 6.07) is 8.49. The van der Waals surface area contributed by atoms with E-state index in [1.165, 1.54) is 0 Å². The Labute approximate surface area is 129 Å². The highest BCUT2D eigenvalue weighted by molar-refractivity contribution is 5.90. The Hall–Kier alpha value is -2.41. The van der Waals surface area contributed by atoms with Gasteiger partial charge in [-0.2, -0.15) is 0 Å². The van der Waals surface area contributed by atoms with Crippen molar-refractivity contribution in [1.82, 2.24) is 10.6 Å². The normalized spacial score (nSPS) is 11.5. The molecule has 0 fully saturated rings. The van der Waals surface area contributed by atoms with Gasteiger partial charge in [0, 0.05) is 0 Å². The van der Waals surface area contributed by atoms with Gasteiger partial charge >= 0.3 is 0 Å². The fourth-order valence-corrected chi connectivity index (χ4v) is 1.91. The summed E-state index contributed by atoms with van der Waals surface area (Å²) in [7, 11) is 0. The van der Waals surface area contributed by atoms with E-state index in [1.54, 1.807) is 0 Å². The summed E-state index contributed by atoms with van der Waals surface area (Å²) in [5.74, 6) is -1.34. The molecule has 0 radical (unpaired) electrons. The van der Waals surface area contributed by atoms with Crippen LogP contribution in [0.15, 0.2) is 30.3 Å². The van der Waals surface area contributed by atoms with Gasteiger partial charge in [0.25, 0.3) is 0 Å². The van der Waals surface area contributed by atoms with E-state index in [2.05, 4.69) is 10.6 Å². The Kier molecular flexibility index (Phi) is 7.63. The summed E-state index contributed by atoms with van der Waals surface area (Å²) in [5.41, 5.74) is 11.3. The first-order valence-corrected chi connectivity index (χ1v) is 7.12. The van der Waals surface area contributed by atoms with Crippen molar-refractivity contribution >= 4 is 17.7 Å². The maximum Gasteiger partial charge on any atom is 0.243 e. The minimum atomic E-state index is -0.723. The molecule has 7 heteroatoms. The molecule has 0 bridgehead atoms. The lowest BCUT2D eigenvalue weighted by Crippen LogP contribution is -2.49. The topological polar surface area (TPSA) is 127 Å². The van der Waals surface area contributed by atoms with E-state index in [9.17, 15) is 14.4 Å². The highest BCUT2D eigenvalue weighted by Gasteiger charge is 2.20. The number of nitrogens with two attached hydrogens (primary N) is 2. The molecular formula is C15H22N4O3. The summed E-state index contributed by atoms with van der Waals surface area (Å²) < 4.78 is 0. The van der Waals surface area contributed by atoms with Gasteiger partial charge in [-0.15, -0.1) is 0 Å². The zero-order valence-corrected chi connectivity index (χ0v) is 12.4. The van der Waals surface area contributed by atoms with Crippen LogP contribution in [-0.2, 0) is 20.8 Å². The molecule has 0 saturated heterocycles. The molecular weight excluding hydrogens is 284 g/mol. The molecule has 1 aromatic rings. The third-order valence-electron chi connectivity index (χ3n) is 2.99. The van der Waals surface area contributed by atoms with Gasteiger partial charge in [0.05, 0.1) is 13.0 Å². The summed E-state index contributed by atoms with van der Waals surface area (Å²) in [5, 5.41) is 5.06. The molecule has 1 aromatic carbocycles. The van der Waals surface area contributed by atoms with Crippen molar-refractivity contribution in [3.8, 4) is 0 Å². The van der Waals surface area contributed by atoms with Crippen LogP contribution in [0.5, 0.6) is 0 Å². The van der Waals surface area contributed by atoms with Crippen LogP contribution in [0.25, 0.3) is 0 Å². The number of carbonyl (C=O) groups is 3. The lowest BCUT2D eigenvalue weighted by atomic mass is 10.1. The van der Waals surface area contributed by atoms with Crippen molar-refractivity contribution in [3.63, 3.8) is 0 Å². The molecule has 120 valence electrons. The number of benzene rings is 1. The van der Waals surface area contributed by atoms with E-state index in [0.717, 1.165) is 5.56 Å². The number of primary amides is 1. The molecule has 0 aliphatic heterocycles. The van der Waals surface area contributed by atoms with Gasteiger partial charge < -0.3 is 22.1 Å². The third kappa shape index (κ3) is 6.85. The van der Waals surface area contributed by atoms with Crippen LogP contribution in [-0.4, -0.2) is 36.9 Å². The second-order valence-corrected chi connectivity index (χ2v) is 4.90. The average Bonchev–Trinajstić information content (AvgIpc) is 2.50. The highest BCUT2D eigenvalue weighted by atomic mass is 16.2. The Bertz CT molecular complexity index is 505. The number of nitrogens with one attached hydrogen (secondary N) is 2. The lowest BCUT2D eigenvalue weighted by Gasteiger charge is -2.18. The molecule has 7 nitrogen and oxygen atoms in total. The largest absolute Gasteiger partial charge is 0.368 e. The van der Waals surface area contributed by atoms with E-state index < -0.39 is 17.9 Å². The van der Waals surface area contributed by atoms with Crippen molar-refractivity contribution in [3.05, 3.63) is 35.9 Å². The van der Waals surface area contributed by atoms with Crippen LogP contribution >= 0.6 is 0 Å². The molecule has 3 amide bonds. The number of amides is 3. The van der Waals surface area contributed by atoms with Gasteiger partial charge in [0.1, 0.15) is 6.04 Å². The number of rotatable bonds is 9. The molecule has 0 heterocycles. The van der Waals surface area contributed by atoms with E-state index >= 15 is 0 Å². The fraction of sp³-hybridized carbons (Fsp3) is 0.400. The van der Waals surface area contributed by atoms with E-state index in [-0.39, 0.29) is 18.9 Å². The summed E-state index contributed by atoms with van der Waals surface area (Å²) in [6.45, 7) is 0.153. The average molecular weight is 306 g/mol. The predicted octanol–water partition coefficient (Wildman–Crippen LogP) is -0.946. The molecule has 0 aromatic heterocycles. The molecule has 1 rings (SSSR count). The van der Waals surface area contributed by atoms with Crippen LogP contribution in [0.2, 0.25) is 0 Å². The Morgan fingerprint density at radius 3 is 2.41 bits per heavy atom. The fourth-order valence-electron chi connectivity index (χ4n) is 1.91. The van der Waals surface area contributed by atoms with Crippen molar-refractivity contribution in [1.29, 1.82) is 0 Å².